The summed E-state index contributed by atoms with van der Waals surface area (Å²) in [7, 11) is 0. The third kappa shape index (κ3) is 2.63. The molecule has 3 N–H and O–H groups in total. The molecule has 1 aliphatic heterocycles. The van der Waals surface area contributed by atoms with E-state index in [1.807, 2.05) is 19.2 Å². The van der Waals surface area contributed by atoms with Crippen LogP contribution in [0.5, 0.6) is 0 Å². The Bertz CT molecular complexity index is 514. The van der Waals surface area contributed by atoms with E-state index in [-0.39, 0.29) is 5.91 Å². The third-order valence-electron chi connectivity index (χ3n) is 4.39. The van der Waals surface area contributed by atoms with Crippen molar-refractivity contribution >= 4 is 11.7 Å². The Labute approximate surface area is 119 Å². The van der Waals surface area contributed by atoms with E-state index in [1.165, 1.54) is 18.4 Å². The van der Waals surface area contributed by atoms with Crippen LogP contribution in [-0.2, 0) is 11.3 Å². The lowest BCUT2D eigenvalue weighted by Crippen LogP contribution is -2.37. The molecule has 0 bridgehead atoms. The van der Waals surface area contributed by atoms with Crippen LogP contribution in [0.4, 0.5) is 5.82 Å². The number of nitrogens with zero attached hydrogens (tertiary/aromatic N) is 2. The van der Waals surface area contributed by atoms with Crippen molar-refractivity contribution in [3.63, 3.8) is 0 Å². The molecule has 2 aliphatic rings. The van der Waals surface area contributed by atoms with Crippen molar-refractivity contribution in [2.75, 3.05) is 18.0 Å². The Morgan fingerprint density at radius 1 is 1.60 bits per heavy atom. The van der Waals surface area contributed by atoms with Gasteiger partial charge in [0.15, 0.2) is 0 Å². The topological polar surface area (TPSA) is 71.2 Å². The molecule has 1 atom stereocenters. The van der Waals surface area contributed by atoms with Gasteiger partial charge >= 0.3 is 0 Å². The fourth-order valence-electron chi connectivity index (χ4n) is 2.74. The first-order valence-corrected chi connectivity index (χ1v) is 7.31. The molecule has 3 rings (SSSR count). The van der Waals surface area contributed by atoms with Gasteiger partial charge < -0.3 is 16.0 Å². The van der Waals surface area contributed by atoms with Gasteiger partial charge in [-0.05, 0) is 32.3 Å². The van der Waals surface area contributed by atoms with Crippen molar-refractivity contribution in [3.05, 3.63) is 23.9 Å². The predicted molar refractivity (Wildman–Crippen MR) is 78.2 cm³/mol. The average molecular weight is 274 g/mol. The minimum absolute atomic E-state index is 0.214. The predicted octanol–water partition coefficient (Wildman–Crippen LogP) is 1.04. The largest absolute Gasteiger partial charge is 0.369 e. The second-order valence-electron chi connectivity index (χ2n) is 6.24. The van der Waals surface area contributed by atoms with E-state index >= 15 is 0 Å². The van der Waals surface area contributed by atoms with Crippen LogP contribution in [0.1, 0.15) is 31.7 Å². The van der Waals surface area contributed by atoms with Crippen molar-refractivity contribution in [1.29, 1.82) is 0 Å². The molecule has 1 aromatic rings. The van der Waals surface area contributed by atoms with Gasteiger partial charge in [-0.15, -0.1) is 0 Å². The monoisotopic (exact) mass is 274 g/mol. The number of nitrogens with one attached hydrogen (secondary N) is 1. The summed E-state index contributed by atoms with van der Waals surface area (Å²) in [5.41, 5.74) is 6.29. The van der Waals surface area contributed by atoms with E-state index < -0.39 is 5.41 Å². The first kappa shape index (κ1) is 13.4. The molecule has 2 heterocycles. The third-order valence-corrected chi connectivity index (χ3v) is 4.39. The van der Waals surface area contributed by atoms with Crippen molar-refractivity contribution < 1.29 is 4.79 Å². The number of hydrogen-bond donors (Lipinski definition) is 2. The van der Waals surface area contributed by atoms with E-state index in [0.717, 1.165) is 25.3 Å². The molecule has 2 fully saturated rings. The highest BCUT2D eigenvalue weighted by atomic mass is 16.1. The van der Waals surface area contributed by atoms with Crippen molar-refractivity contribution in [2.24, 2.45) is 11.1 Å². The van der Waals surface area contributed by atoms with Crippen LogP contribution in [-0.4, -0.2) is 30.0 Å². The lowest BCUT2D eigenvalue weighted by atomic mass is 9.89. The summed E-state index contributed by atoms with van der Waals surface area (Å²) in [6.45, 7) is 4.29. The molecule has 5 nitrogen and oxygen atoms in total. The normalized spacial score (nSPS) is 25.9. The molecule has 1 aromatic heterocycles. The van der Waals surface area contributed by atoms with Gasteiger partial charge in [0, 0.05) is 37.4 Å². The molecule has 5 heteroatoms. The van der Waals surface area contributed by atoms with Crippen LogP contribution in [0.15, 0.2) is 18.3 Å². The Balaban J connectivity index is 1.74. The van der Waals surface area contributed by atoms with Crippen LogP contribution in [0, 0.1) is 5.41 Å². The smallest absolute Gasteiger partial charge is 0.225 e. The molecular formula is C15H22N4O. The summed E-state index contributed by atoms with van der Waals surface area (Å²) in [5.74, 6) is 0.777. The summed E-state index contributed by atoms with van der Waals surface area (Å²) >= 11 is 0. The molecular weight excluding hydrogens is 252 g/mol. The second-order valence-corrected chi connectivity index (χ2v) is 6.24. The molecule has 108 valence electrons. The standard InChI is InChI=1S/C15H22N4O/c1-15(14(16)20)6-8-19(10-15)13-11(3-2-7-17-13)9-18-12-4-5-12/h2-3,7,12,18H,4-6,8-10H2,1H3,(H2,16,20). The highest BCUT2D eigenvalue weighted by molar-refractivity contribution is 5.82. The van der Waals surface area contributed by atoms with Crippen LogP contribution in [0.25, 0.3) is 0 Å². The lowest BCUT2D eigenvalue weighted by Gasteiger charge is -2.23. The molecule has 1 saturated heterocycles. The zero-order chi connectivity index (χ0) is 14.2. The second kappa shape index (κ2) is 5.05. The van der Waals surface area contributed by atoms with Gasteiger partial charge in [-0.3, -0.25) is 4.79 Å². The maximum absolute atomic E-state index is 11.6. The number of pyridine rings is 1. The van der Waals surface area contributed by atoms with Crippen LogP contribution >= 0.6 is 0 Å². The molecule has 1 unspecified atom stereocenters. The first-order chi connectivity index (χ1) is 9.58. The molecule has 0 spiro atoms. The van der Waals surface area contributed by atoms with Crippen LogP contribution in [0.3, 0.4) is 0 Å². The number of amides is 1. The minimum Gasteiger partial charge on any atom is -0.369 e. The zero-order valence-corrected chi connectivity index (χ0v) is 11.9. The highest BCUT2D eigenvalue weighted by Gasteiger charge is 2.39. The number of anilines is 1. The van der Waals surface area contributed by atoms with Gasteiger partial charge in [0.05, 0.1) is 5.41 Å². The summed E-state index contributed by atoms with van der Waals surface area (Å²) in [4.78, 5) is 18.3. The van der Waals surface area contributed by atoms with Gasteiger partial charge in [0.2, 0.25) is 5.91 Å². The first-order valence-electron chi connectivity index (χ1n) is 7.31. The van der Waals surface area contributed by atoms with Crippen molar-refractivity contribution in [2.45, 2.75) is 38.8 Å². The molecule has 1 amide bonds. The van der Waals surface area contributed by atoms with Gasteiger partial charge in [0.25, 0.3) is 0 Å². The average Bonchev–Trinajstić information content (AvgIpc) is 3.18. The summed E-state index contributed by atoms with van der Waals surface area (Å²) < 4.78 is 0. The van der Waals surface area contributed by atoms with E-state index in [9.17, 15) is 4.79 Å². The Morgan fingerprint density at radius 2 is 2.40 bits per heavy atom. The Morgan fingerprint density at radius 3 is 3.05 bits per heavy atom. The fourth-order valence-corrected chi connectivity index (χ4v) is 2.74. The number of carbonyl (C=O) groups is 1. The fraction of sp³-hybridized carbons (Fsp3) is 0.600. The minimum atomic E-state index is -0.432. The molecule has 0 radical (unpaired) electrons. The van der Waals surface area contributed by atoms with E-state index in [4.69, 9.17) is 5.73 Å². The molecule has 20 heavy (non-hydrogen) atoms. The number of nitrogens with two attached hydrogens (primary N) is 1. The van der Waals surface area contributed by atoms with Gasteiger partial charge in [-0.25, -0.2) is 4.98 Å². The van der Waals surface area contributed by atoms with Gasteiger partial charge in [-0.2, -0.15) is 0 Å². The maximum atomic E-state index is 11.6. The lowest BCUT2D eigenvalue weighted by molar-refractivity contribution is -0.125. The quantitative estimate of drug-likeness (QED) is 0.841. The number of hydrogen-bond acceptors (Lipinski definition) is 4. The molecule has 1 aliphatic carbocycles. The number of rotatable bonds is 5. The highest BCUT2D eigenvalue weighted by Crippen LogP contribution is 2.33. The zero-order valence-electron chi connectivity index (χ0n) is 11.9. The summed E-state index contributed by atoms with van der Waals surface area (Å²) in [6.07, 6.45) is 5.17. The SMILES string of the molecule is CC1(C(N)=O)CCN(c2ncccc2CNC2CC2)C1. The molecule has 1 saturated carbocycles. The van der Waals surface area contributed by atoms with E-state index in [1.54, 1.807) is 0 Å². The van der Waals surface area contributed by atoms with E-state index in [0.29, 0.717) is 12.6 Å². The number of aromatic nitrogens is 1. The van der Waals surface area contributed by atoms with Crippen molar-refractivity contribution in [1.82, 2.24) is 10.3 Å². The summed E-state index contributed by atoms with van der Waals surface area (Å²) in [5, 5.41) is 3.52. The van der Waals surface area contributed by atoms with Gasteiger partial charge in [0.1, 0.15) is 5.82 Å². The summed E-state index contributed by atoms with van der Waals surface area (Å²) in [6, 6.07) is 4.76. The van der Waals surface area contributed by atoms with Crippen molar-refractivity contribution in [3.8, 4) is 0 Å². The van der Waals surface area contributed by atoms with Crippen LogP contribution < -0.4 is 16.0 Å². The van der Waals surface area contributed by atoms with E-state index in [2.05, 4.69) is 21.3 Å². The Kier molecular flexibility index (Phi) is 3.38. The number of carbonyl (C=O) groups excluding carboxylic acids is 1. The number of primary amides is 1. The molecule has 0 aromatic carbocycles. The Hall–Kier alpha value is -1.62. The maximum Gasteiger partial charge on any atom is 0.225 e. The van der Waals surface area contributed by atoms with Crippen LogP contribution in [0.2, 0.25) is 0 Å². The van der Waals surface area contributed by atoms with Gasteiger partial charge in [-0.1, -0.05) is 6.07 Å².